The van der Waals surface area contributed by atoms with Crippen LogP contribution in [0.3, 0.4) is 0 Å². The Bertz CT molecular complexity index is 163. The van der Waals surface area contributed by atoms with Crippen molar-refractivity contribution in [1.29, 1.82) is 0 Å². The summed E-state index contributed by atoms with van der Waals surface area (Å²) in [7, 11) is 0. The van der Waals surface area contributed by atoms with Crippen LogP contribution in [-0.2, 0) is 0 Å². The van der Waals surface area contributed by atoms with E-state index in [-0.39, 0.29) is 0 Å². The summed E-state index contributed by atoms with van der Waals surface area (Å²) in [6, 6.07) is 0.498. The Hall–Kier alpha value is 0.270. The number of nitrogens with two attached hydrogens (primary N) is 1. The minimum Gasteiger partial charge on any atom is -0.271 e. The molecule has 1 unspecified atom stereocenters. The second kappa shape index (κ2) is 13.7. The number of hydrogen-bond acceptors (Lipinski definition) is 3. The van der Waals surface area contributed by atoms with Crippen molar-refractivity contribution in [2.24, 2.45) is 5.84 Å². The lowest BCUT2D eigenvalue weighted by Gasteiger charge is -2.16. The molecule has 0 amide bonds. The van der Waals surface area contributed by atoms with Gasteiger partial charge in [0.15, 0.2) is 0 Å². The Morgan fingerprint density at radius 2 is 1.50 bits per heavy atom. The maximum absolute atomic E-state index is 5.59. The molecule has 18 heavy (non-hydrogen) atoms. The molecule has 0 bridgehead atoms. The normalized spacial score (nSPS) is 13.2. The molecule has 0 saturated heterocycles. The third-order valence-corrected chi connectivity index (χ3v) is 4.53. The van der Waals surface area contributed by atoms with E-state index in [0.29, 0.717) is 11.3 Å². The van der Waals surface area contributed by atoms with Crippen LogP contribution in [0.1, 0.15) is 78.6 Å². The third-order valence-electron chi connectivity index (χ3n) is 3.27. The van der Waals surface area contributed by atoms with Gasteiger partial charge < -0.3 is 0 Å². The van der Waals surface area contributed by atoms with Gasteiger partial charge in [-0.05, 0) is 11.7 Å². The van der Waals surface area contributed by atoms with Crippen LogP contribution in [0.15, 0.2) is 0 Å². The van der Waals surface area contributed by atoms with Gasteiger partial charge in [0.1, 0.15) is 0 Å². The monoisotopic (exact) mass is 274 g/mol. The van der Waals surface area contributed by atoms with Crippen molar-refractivity contribution in [3.63, 3.8) is 0 Å². The molecule has 0 rings (SSSR count). The van der Waals surface area contributed by atoms with Gasteiger partial charge in [0.2, 0.25) is 0 Å². The number of unbranched alkanes of at least 4 members (excludes halogenated alkanes) is 7. The Morgan fingerprint density at radius 3 is 2.00 bits per heavy atom. The molecule has 0 spiro atoms. The van der Waals surface area contributed by atoms with Crippen molar-refractivity contribution < 1.29 is 0 Å². The summed E-state index contributed by atoms with van der Waals surface area (Å²) < 4.78 is 0. The van der Waals surface area contributed by atoms with Crippen molar-refractivity contribution in [1.82, 2.24) is 5.43 Å². The predicted octanol–water partition coefficient (Wildman–Crippen LogP) is 4.49. The SMILES string of the molecule is CCCCCCCCCCC(CSC(C)C)NN. The molecule has 2 nitrogen and oxygen atoms in total. The fourth-order valence-corrected chi connectivity index (χ4v) is 2.93. The van der Waals surface area contributed by atoms with Gasteiger partial charge in [0.25, 0.3) is 0 Å². The van der Waals surface area contributed by atoms with Gasteiger partial charge in [-0.15, -0.1) is 0 Å². The third kappa shape index (κ3) is 12.7. The first-order valence-corrected chi connectivity index (χ1v) is 8.83. The summed E-state index contributed by atoms with van der Waals surface area (Å²) in [5.74, 6) is 6.73. The number of nitrogens with one attached hydrogen (secondary N) is 1. The molecule has 0 radical (unpaired) electrons. The van der Waals surface area contributed by atoms with Crippen LogP contribution in [0.5, 0.6) is 0 Å². The Balaban J connectivity index is 3.28. The summed E-state index contributed by atoms with van der Waals surface area (Å²) in [6.07, 6.45) is 12.3. The van der Waals surface area contributed by atoms with Crippen LogP contribution in [-0.4, -0.2) is 17.0 Å². The Morgan fingerprint density at radius 1 is 0.944 bits per heavy atom. The summed E-state index contributed by atoms with van der Waals surface area (Å²) in [4.78, 5) is 0. The molecule has 3 heteroatoms. The lowest BCUT2D eigenvalue weighted by Crippen LogP contribution is -2.37. The lowest BCUT2D eigenvalue weighted by atomic mass is 10.1. The van der Waals surface area contributed by atoms with Crippen LogP contribution >= 0.6 is 11.8 Å². The highest BCUT2D eigenvalue weighted by Crippen LogP contribution is 2.15. The van der Waals surface area contributed by atoms with E-state index in [0.717, 1.165) is 5.75 Å². The van der Waals surface area contributed by atoms with E-state index in [1.807, 2.05) is 11.8 Å². The highest BCUT2D eigenvalue weighted by atomic mass is 32.2. The Labute approximate surface area is 119 Å². The van der Waals surface area contributed by atoms with E-state index in [2.05, 4.69) is 26.2 Å². The van der Waals surface area contributed by atoms with Gasteiger partial charge in [-0.3, -0.25) is 11.3 Å². The standard InChI is InChI=1S/C15H34N2S/c1-4-5-6-7-8-9-10-11-12-15(17-16)13-18-14(2)3/h14-15,17H,4-13,16H2,1-3H3. The smallest absolute Gasteiger partial charge is 0.0301 e. The molecule has 110 valence electrons. The van der Waals surface area contributed by atoms with Gasteiger partial charge >= 0.3 is 0 Å². The van der Waals surface area contributed by atoms with Gasteiger partial charge in [-0.25, -0.2) is 0 Å². The van der Waals surface area contributed by atoms with Gasteiger partial charge in [-0.2, -0.15) is 11.8 Å². The van der Waals surface area contributed by atoms with Crippen LogP contribution in [0.4, 0.5) is 0 Å². The first kappa shape index (κ1) is 18.3. The molecule has 0 aromatic carbocycles. The maximum atomic E-state index is 5.59. The van der Waals surface area contributed by atoms with E-state index < -0.39 is 0 Å². The van der Waals surface area contributed by atoms with Crippen molar-refractivity contribution in [3.05, 3.63) is 0 Å². The Kier molecular flexibility index (Phi) is 13.9. The van der Waals surface area contributed by atoms with Crippen molar-refractivity contribution >= 4 is 11.8 Å². The molecule has 1 atom stereocenters. The first-order valence-electron chi connectivity index (χ1n) is 7.78. The molecule has 0 aliphatic rings. The fourth-order valence-electron chi connectivity index (χ4n) is 2.05. The van der Waals surface area contributed by atoms with Crippen LogP contribution < -0.4 is 11.3 Å². The zero-order valence-corrected chi connectivity index (χ0v) is 13.5. The molecule has 0 heterocycles. The van der Waals surface area contributed by atoms with Gasteiger partial charge in [0, 0.05) is 11.8 Å². The molecular weight excluding hydrogens is 240 g/mol. The topological polar surface area (TPSA) is 38.0 Å². The maximum Gasteiger partial charge on any atom is 0.0301 e. The second-order valence-corrected chi connectivity index (χ2v) is 7.12. The largest absolute Gasteiger partial charge is 0.271 e. The summed E-state index contributed by atoms with van der Waals surface area (Å²) >= 11 is 2.00. The molecule has 0 aromatic heterocycles. The first-order chi connectivity index (χ1) is 8.70. The highest BCUT2D eigenvalue weighted by molar-refractivity contribution is 7.99. The van der Waals surface area contributed by atoms with Crippen LogP contribution in [0, 0.1) is 0 Å². The zero-order valence-electron chi connectivity index (χ0n) is 12.7. The van der Waals surface area contributed by atoms with Crippen molar-refractivity contribution in [2.45, 2.75) is 89.9 Å². The van der Waals surface area contributed by atoms with E-state index >= 15 is 0 Å². The minimum absolute atomic E-state index is 0.498. The predicted molar refractivity (Wildman–Crippen MR) is 85.9 cm³/mol. The van der Waals surface area contributed by atoms with Crippen molar-refractivity contribution in [3.8, 4) is 0 Å². The quantitative estimate of drug-likeness (QED) is 0.295. The van der Waals surface area contributed by atoms with Gasteiger partial charge in [-0.1, -0.05) is 72.1 Å². The van der Waals surface area contributed by atoms with E-state index in [1.165, 1.54) is 57.8 Å². The molecule has 0 aliphatic heterocycles. The summed E-state index contributed by atoms with van der Waals surface area (Å²) in [5.41, 5.74) is 2.96. The van der Waals surface area contributed by atoms with Crippen LogP contribution in [0.2, 0.25) is 0 Å². The minimum atomic E-state index is 0.498. The summed E-state index contributed by atoms with van der Waals surface area (Å²) in [6.45, 7) is 6.76. The summed E-state index contributed by atoms with van der Waals surface area (Å²) in [5, 5.41) is 0.708. The van der Waals surface area contributed by atoms with Gasteiger partial charge in [0.05, 0.1) is 0 Å². The van der Waals surface area contributed by atoms with Crippen LogP contribution in [0.25, 0.3) is 0 Å². The number of thioether (sulfide) groups is 1. The number of hydrogen-bond donors (Lipinski definition) is 2. The molecular formula is C15H34N2S. The fraction of sp³-hybridized carbons (Fsp3) is 1.00. The van der Waals surface area contributed by atoms with E-state index in [9.17, 15) is 0 Å². The lowest BCUT2D eigenvalue weighted by molar-refractivity contribution is 0.491. The second-order valence-electron chi connectivity index (χ2n) is 5.51. The molecule has 0 saturated carbocycles. The van der Waals surface area contributed by atoms with E-state index in [4.69, 9.17) is 5.84 Å². The highest BCUT2D eigenvalue weighted by Gasteiger charge is 2.07. The number of rotatable bonds is 13. The molecule has 3 N–H and O–H groups in total. The number of hydrazine groups is 1. The zero-order chi connectivity index (χ0) is 13.6. The molecule has 0 aromatic rings. The average molecular weight is 275 g/mol. The molecule has 0 aliphatic carbocycles. The molecule has 0 fully saturated rings. The van der Waals surface area contributed by atoms with Crippen molar-refractivity contribution in [2.75, 3.05) is 5.75 Å². The average Bonchev–Trinajstić information content (AvgIpc) is 2.36. The van der Waals surface area contributed by atoms with E-state index in [1.54, 1.807) is 0 Å².